The van der Waals surface area contributed by atoms with Crippen molar-refractivity contribution in [1.29, 1.82) is 5.26 Å². The van der Waals surface area contributed by atoms with Gasteiger partial charge in [0.1, 0.15) is 0 Å². The number of hydrogen-bond acceptors (Lipinski definition) is 1. The molecule has 226 valence electrons. The van der Waals surface area contributed by atoms with E-state index in [-0.39, 0.29) is 11.8 Å². The number of aromatic nitrogens is 2. The predicted molar refractivity (Wildman–Crippen MR) is 193 cm³/mol. The number of nitrogens with zero attached hydrogens (tertiary/aromatic N) is 3. The van der Waals surface area contributed by atoms with E-state index in [9.17, 15) is 5.26 Å². The van der Waals surface area contributed by atoms with Gasteiger partial charge in [0.15, 0.2) is 0 Å². The SMILES string of the molecule is N#CC1C(n2c3c(c4cc5c6ccccc6n(C6=CC=CCC6)c5cc42)=CCCC=3)=CC(C2=CCCCC2)=CC1C1=CCCC=C1. The summed E-state index contributed by atoms with van der Waals surface area (Å²) in [6.07, 6.45) is 36.8. The van der Waals surface area contributed by atoms with Crippen LogP contribution in [0.4, 0.5) is 0 Å². The van der Waals surface area contributed by atoms with E-state index in [1.165, 1.54) is 78.5 Å². The summed E-state index contributed by atoms with van der Waals surface area (Å²) in [5.41, 5.74) is 10.2. The normalized spacial score (nSPS) is 22.7. The molecule has 0 saturated carbocycles. The number of hydrogen-bond donors (Lipinski definition) is 0. The minimum absolute atomic E-state index is 0.0365. The van der Waals surface area contributed by atoms with E-state index in [1.54, 1.807) is 0 Å². The first-order valence-corrected chi connectivity index (χ1v) is 17.3. The molecule has 2 unspecified atom stereocenters. The molecule has 2 aromatic carbocycles. The Balaban J connectivity index is 1.36. The molecule has 2 aromatic heterocycles. The number of allylic oxidation sites excluding steroid dienone is 14. The molecule has 5 aliphatic rings. The maximum atomic E-state index is 11.0. The van der Waals surface area contributed by atoms with Crippen molar-refractivity contribution in [2.24, 2.45) is 11.8 Å². The molecule has 0 saturated heterocycles. The van der Waals surface area contributed by atoms with Crippen LogP contribution in [0.15, 0.2) is 108 Å². The number of para-hydroxylation sites is 1. The zero-order chi connectivity index (χ0) is 30.6. The molecule has 0 bridgehead atoms. The Labute approximate surface area is 270 Å². The summed E-state index contributed by atoms with van der Waals surface area (Å²) in [6.45, 7) is 0. The van der Waals surface area contributed by atoms with Gasteiger partial charge in [0.25, 0.3) is 0 Å². The van der Waals surface area contributed by atoms with Crippen molar-refractivity contribution in [2.45, 2.75) is 64.2 Å². The lowest BCUT2D eigenvalue weighted by Gasteiger charge is -2.31. The Morgan fingerprint density at radius 2 is 1.63 bits per heavy atom. The molecular formula is C43H39N3. The van der Waals surface area contributed by atoms with Gasteiger partial charge in [-0.2, -0.15) is 5.26 Å². The minimum atomic E-state index is -0.273. The van der Waals surface area contributed by atoms with E-state index in [1.807, 2.05) is 0 Å². The number of rotatable bonds is 4. The van der Waals surface area contributed by atoms with Crippen LogP contribution < -0.4 is 10.6 Å². The molecule has 0 amide bonds. The van der Waals surface area contributed by atoms with Crippen molar-refractivity contribution in [3.63, 3.8) is 0 Å². The Morgan fingerprint density at radius 1 is 0.739 bits per heavy atom. The van der Waals surface area contributed by atoms with Crippen LogP contribution in [-0.2, 0) is 0 Å². The quantitative estimate of drug-likeness (QED) is 0.231. The third-order valence-corrected chi connectivity index (χ3v) is 10.8. The van der Waals surface area contributed by atoms with Crippen molar-refractivity contribution in [3.8, 4) is 6.07 Å². The van der Waals surface area contributed by atoms with Crippen LogP contribution in [0, 0.1) is 23.2 Å². The van der Waals surface area contributed by atoms with Crippen LogP contribution in [0.1, 0.15) is 64.2 Å². The summed E-state index contributed by atoms with van der Waals surface area (Å²) >= 11 is 0. The van der Waals surface area contributed by atoms with Gasteiger partial charge in [-0.05, 0) is 111 Å². The maximum absolute atomic E-state index is 11.0. The Morgan fingerprint density at radius 3 is 2.46 bits per heavy atom. The fraction of sp³-hybridized carbons (Fsp3) is 0.279. The second-order valence-corrected chi connectivity index (χ2v) is 13.5. The first-order valence-electron chi connectivity index (χ1n) is 17.3. The van der Waals surface area contributed by atoms with Crippen LogP contribution >= 0.6 is 0 Å². The third kappa shape index (κ3) is 4.31. The average Bonchev–Trinajstić information content (AvgIpc) is 3.63. The van der Waals surface area contributed by atoms with Crippen molar-refractivity contribution in [1.82, 2.24) is 9.13 Å². The fourth-order valence-electron chi connectivity index (χ4n) is 8.61. The standard InChI is InChI=1S/C43H39N3/c44-28-38-35(30-16-6-2-7-17-30)24-31(29-14-4-1-5-15-29)25-41(38)46-40-23-13-11-21-34(40)37-26-36-33-20-10-12-22-39(33)45(42(36)27-43(37)46)32-18-8-3-9-19-32/h3,6,8,10,12,14,16-18,20-27,35,38H,1-2,4-5,7,9,11,13,15,19H2. The first-order chi connectivity index (χ1) is 22.8. The molecule has 0 N–H and O–H groups in total. The highest BCUT2D eigenvalue weighted by Gasteiger charge is 2.33. The highest BCUT2D eigenvalue weighted by molar-refractivity contribution is 6.14. The lowest BCUT2D eigenvalue weighted by atomic mass is 9.75. The van der Waals surface area contributed by atoms with Gasteiger partial charge in [0, 0.05) is 44.0 Å². The summed E-state index contributed by atoms with van der Waals surface area (Å²) in [5.74, 6) is -0.237. The summed E-state index contributed by atoms with van der Waals surface area (Å²) in [6, 6.07) is 16.6. The molecule has 5 aliphatic carbocycles. The Hall–Kier alpha value is -4.81. The molecule has 4 aromatic rings. The second kappa shape index (κ2) is 11.2. The van der Waals surface area contributed by atoms with E-state index < -0.39 is 0 Å². The number of nitriles is 1. The van der Waals surface area contributed by atoms with Crippen LogP contribution in [0.2, 0.25) is 0 Å². The first kappa shape index (κ1) is 27.5. The van der Waals surface area contributed by atoms with Gasteiger partial charge in [-0.1, -0.05) is 72.9 Å². The molecule has 0 spiro atoms. The zero-order valence-electron chi connectivity index (χ0n) is 26.4. The summed E-state index contributed by atoms with van der Waals surface area (Å²) in [5, 5.41) is 17.4. The molecule has 9 rings (SSSR count). The predicted octanol–water partition coefficient (Wildman–Crippen LogP) is 9.61. The van der Waals surface area contributed by atoms with E-state index in [2.05, 4.69) is 118 Å². The van der Waals surface area contributed by atoms with Crippen molar-refractivity contribution < 1.29 is 0 Å². The lowest BCUT2D eigenvalue weighted by molar-refractivity contribution is 0.632. The van der Waals surface area contributed by atoms with E-state index in [0.717, 1.165) is 57.1 Å². The van der Waals surface area contributed by atoms with E-state index in [4.69, 9.17) is 0 Å². The van der Waals surface area contributed by atoms with Gasteiger partial charge in [-0.15, -0.1) is 0 Å². The van der Waals surface area contributed by atoms with Gasteiger partial charge in [0.2, 0.25) is 0 Å². The van der Waals surface area contributed by atoms with Crippen LogP contribution in [0.5, 0.6) is 0 Å². The molecule has 2 atom stereocenters. The Bertz CT molecular complexity index is 2330. The van der Waals surface area contributed by atoms with Crippen molar-refractivity contribution in [3.05, 3.63) is 118 Å². The number of benzene rings is 2. The van der Waals surface area contributed by atoms with Gasteiger partial charge in [-0.25, -0.2) is 0 Å². The summed E-state index contributed by atoms with van der Waals surface area (Å²) in [4.78, 5) is 0. The molecule has 3 heteroatoms. The summed E-state index contributed by atoms with van der Waals surface area (Å²) < 4.78 is 4.98. The monoisotopic (exact) mass is 597 g/mol. The topological polar surface area (TPSA) is 33.6 Å². The van der Waals surface area contributed by atoms with Gasteiger partial charge in [-0.3, -0.25) is 0 Å². The van der Waals surface area contributed by atoms with Gasteiger partial charge >= 0.3 is 0 Å². The smallest absolute Gasteiger partial charge is 0.0971 e. The zero-order valence-corrected chi connectivity index (χ0v) is 26.4. The lowest BCUT2D eigenvalue weighted by Crippen LogP contribution is -2.34. The van der Waals surface area contributed by atoms with Gasteiger partial charge < -0.3 is 9.13 Å². The average molecular weight is 598 g/mol. The van der Waals surface area contributed by atoms with Crippen molar-refractivity contribution >= 4 is 56.3 Å². The largest absolute Gasteiger partial charge is 0.313 e. The molecular weight excluding hydrogens is 558 g/mol. The fourth-order valence-corrected chi connectivity index (χ4v) is 8.61. The maximum Gasteiger partial charge on any atom is 0.0971 e. The third-order valence-electron chi connectivity index (χ3n) is 10.8. The molecule has 0 fully saturated rings. The second-order valence-electron chi connectivity index (χ2n) is 13.5. The molecule has 3 nitrogen and oxygen atoms in total. The van der Waals surface area contributed by atoms with E-state index in [0.29, 0.717) is 0 Å². The van der Waals surface area contributed by atoms with Crippen LogP contribution in [0.25, 0.3) is 56.3 Å². The van der Waals surface area contributed by atoms with Crippen LogP contribution in [0.3, 0.4) is 0 Å². The van der Waals surface area contributed by atoms with E-state index >= 15 is 0 Å². The van der Waals surface area contributed by atoms with Gasteiger partial charge in [0.05, 0.1) is 28.5 Å². The molecule has 2 heterocycles. The summed E-state index contributed by atoms with van der Waals surface area (Å²) in [7, 11) is 0. The number of fused-ring (bicyclic) bond motifs is 6. The van der Waals surface area contributed by atoms with Crippen molar-refractivity contribution in [2.75, 3.05) is 0 Å². The molecule has 46 heavy (non-hydrogen) atoms. The minimum Gasteiger partial charge on any atom is -0.313 e. The van der Waals surface area contributed by atoms with Crippen LogP contribution in [-0.4, -0.2) is 9.13 Å². The highest BCUT2D eigenvalue weighted by atomic mass is 15.0. The highest BCUT2D eigenvalue weighted by Crippen LogP contribution is 2.42. The molecule has 0 radical (unpaired) electrons. The Kier molecular flexibility index (Phi) is 6.70. The molecule has 0 aliphatic heterocycles.